The third kappa shape index (κ3) is 4.49. The number of rotatable bonds is 7. The van der Waals surface area contributed by atoms with E-state index in [-0.39, 0.29) is 48.6 Å². The van der Waals surface area contributed by atoms with Gasteiger partial charge in [0.25, 0.3) is 5.56 Å². The predicted molar refractivity (Wildman–Crippen MR) is 119 cm³/mol. The summed E-state index contributed by atoms with van der Waals surface area (Å²) in [7, 11) is 3.14. The average Bonchev–Trinajstić information content (AvgIpc) is 2.81. The van der Waals surface area contributed by atoms with Crippen molar-refractivity contribution in [3.8, 4) is 11.5 Å². The summed E-state index contributed by atoms with van der Waals surface area (Å²) in [4.78, 5) is 39.2. The van der Waals surface area contributed by atoms with Crippen LogP contribution in [-0.2, 0) is 22.7 Å². The second-order valence-electron chi connectivity index (χ2n) is 8.41. The van der Waals surface area contributed by atoms with Crippen molar-refractivity contribution in [2.24, 2.45) is 5.92 Å². The fraction of sp³-hybridized carbons (Fsp3) is 0.458. The van der Waals surface area contributed by atoms with Crippen molar-refractivity contribution in [2.75, 3.05) is 27.3 Å². The first-order valence-electron chi connectivity index (χ1n) is 10.9. The average molecular weight is 440 g/mol. The molecular formula is C24H29N3O5. The van der Waals surface area contributed by atoms with Crippen molar-refractivity contribution in [2.45, 2.75) is 38.3 Å². The largest absolute Gasteiger partial charge is 0.496 e. The Morgan fingerprint density at radius 3 is 2.44 bits per heavy atom. The first-order valence-corrected chi connectivity index (χ1v) is 10.9. The lowest BCUT2D eigenvalue weighted by Gasteiger charge is -2.42. The van der Waals surface area contributed by atoms with E-state index in [1.54, 1.807) is 26.4 Å². The summed E-state index contributed by atoms with van der Waals surface area (Å²) in [6.45, 7) is 2.14. The van der Waals surface area contributed by atoms with Crippen LogP contribution in [0.25, 0.3) is 0 Å². The van der Waals surface area contributed by atoms with Gasteiger partial charge >= 0.3 is 0 Å². The van der Waals surface area contributed by atoms with Gasteiger partial charge in [-0.2, -0.15) is 0 Å². The van der Waals surface area contributed by atoms with E-state index in [4.69, 9.17) is 9.47 Å². The molecule has 1 aromatic heterocycles. The molecule has 1 fully saturated rings. The predicted octanol–water partition coefficient (Wildman–Crippen LogP) is 1.91. The summed E-state index contributed by atoms with van der Waals surface area (Å²) in [6.07, 6.45) is 1.28. The van der Waals surface area contributed by atoms with Crippen molar-refractivity contribution < 1.29 is 19.1 Å². The number of pyridine rings is 1. The Morgan fingerprint density at radius 1 is 1.00 bits per heavy atom. The smallest absolute Gasteiger partial charge is 0.250 e. The van der Waals surface area contributed by atoms with E-state index in [0.717, 1.165) is 17.7 Å². The Bertz CT molecular complexity index is 1040. The fourth-order valence-corrected chi connectivity index (χ4v) is 4.86. The number of carbonyl (C=O) groups excluding carboxylic acids is 2. The van der Waals surface area contributed by atoms with Crippen LogP contribution in [0.3, 0.4) is 0 Å². The highest BCUT2D eigenvalue weighted by Gasteiger charge is 2.36. The second-order valence-corrected chi connectivity index (χ2v) is 8.41. The minimum absolute atomic E-state index is 0.0172. The minimum Gasteiger partial charge on any atom is -0.496 e. The number of likely N-dealkylation sites (tertiary alicyclic amines) is 1. The number of hydrogen-bond donors (Lipinski definition) is 1. The molecule has 2 amide bonds. The SMILES string of the molecule is COc1cccc(OC)c1CNC(=O)CCC(=O)N1CC2C[C@@H](C1)Cn1c2cccc1=O. The molecule has 3 heterocycles. The summed E-state index contributed by atoms with van der Waals surface area (Å²) in [5.41, 5.74) is 1.80. The van der Waals surface area contributed by atoms with Gasteiger partial charge in [0.05, 0.1) is 26.3 Å². The Hall–Kier alpha value is -3.29. The molecule has 0 spiro atoms. The van der Waals surface area contributed by atoms with Crippen molar-refractivity contribution in [3.05, 3.63) is 58.0 Å². The van der Waals surface area contributed by atoms with Gasteiger partial charge in [-0.1, -0.05) is 12.1 Å². The maximum Gasteiger partial charge on any atom is 0.250 e. The van der Waals surface area contributed by atoms with Crippen LogP contribution >= 0.6 is 0 Å². The van der Waals surface area contributed by atoms with E-state index in [9.17, 15) is 14.4 Å². The molecule has 1 unspecified atom stereocenters. The molecule has 1 N–H and O–H groups in total. The number of piperidine rings is 1. The van der Waals surface area contributed by atoms with Crippen LogP contribution in [0.5, 0.6) is 11.5 Å². The number of benzene rings is 1. The number of aromatic nitrogens is 1. The maximum atomic E-state index is 12.8. The molecule has 2 aliphatic heterocycles. The third-order valence-corrected chi connectivity index (χ3v) is 6.39. The van der Waals surface area contributed by atoms with Gasteiger partial charge in [0.2, 0.25) is 11.8 Å². The Balaban J connectivity index is 1.31. The van der Waals surface area contributed by atoms with Gasteiger partial charge in [-0.05, 0) is 30.5 Å². The number of methoxy groups -OCH3 is 2. The Kier molecular flexibility index (Phi) is 6.48. The van der Waals surface area contributed by atoms with Gasteiger partial charge in [-0.15, -0.1) is 0 Å². The lowest BCUT2D eigenvalue weighted by Crippen LogP contribution is -2.49. The summed E-state index contributed by atoms with van der Waals surface area (Å²) in [5, 5.41) is 2.86. The maximum absolute atomic E-state index is 12.8. The molecule has 2 aliphatic rings. The first kappa shape index (κ1) is 21.9. The highest BCUT2D eigenvalue weighted by atomic mass is 16.5. The minimum atomic E-state index is -0.194. The zero-order valence-electron chi connectivity index (χ0n) is 18.5. The lowest BCUT2D eigenvalue weighted by molar-refractivity contribution is -0.136. The van der Waals surface area contributed by atoms with Gasteiger partial charge in [0.15, 0.2) is 0 Å². The number of fused-ring (bicyclic) bond motifs is 4. The highest BCUT2D eigenvalue weighted by Crippen LogP contribution is 2.35. The van der Waals surface area contributed by atoms with E-state index >= 15 is 0 Å². The molecule has 2 aromatic rings. The lowest BCUT2D eigenvalue weighted by atomic mass is 9.83. The molecule has 32 heavy (non-hydrogen) atoms. The van der Waals surface area contributed by atoms with E-state index < -0.39 is 0 Å². The van der Waals surface area contributed by atoms with Crippen LogP contribution in [0.15, 0.2) is 41.2 Å². The van der Waals surface area contributed by atoms with Crippen LogP contribution in [-0.4, -0.2) is 48.6 Å². The molecular weight excluding hydrogens is 410 g/mol. The van der Waals surface area contributed by atoms with E-state index in [1.165, 1.54) is 0 Å². The van der Waals surface area contributed by atoms with Gasteiger partial charge in [-0.3, -0.25) is 14.4 Å². The van der Waals surface area contributed by atoms with Crippen LogP contribution in [0.1, 0.15) is 36.4 Å². The molecule has 8 heteroatoms. The van der Waals surface area contributed by atoms with Crippen molar-refractivity contribution in [1.29, 1.82) is 0 Å². The number of carbonyl (C=O) groups is 2. The number of amides is 2. The molecule has 2 bridgehead atoms. The van der Waals surface area contributed by atoms with Gasteiger partial charge in [-0.25, -0.2) is 0 Å². The monoisotopic (exact) mass is 439 g/mol. The molecule has 170 valence electrons. The van der Waals surface area contributed by atoms with Crippen molar-refractivity contribution >= 4 is 11.8 Å². The molecule has 4 rings (SSSR count). The number of hydrogen-bond acceptors (Lipinski definition) is 5. The molecule has 0 saturated carbocycles. The highest BCUT2D eigenvalue weighted by molar-refractivity contribution is 5.84. The quantitative estimate of drug-likeness (QED) is 0.712. The fourth-order valence-electron chi connectivity index (χ4n) is 4.86. The zero-order chi connectivity index (χ0) is 22.7. The summed E-state index contributed by atoms with van der Waals surface area (Å²) in [6, 6.07) is 10.8. The Labute approximate surface area is 187 Å². The molecule has 0 radical (unpaired) electrons. The summed E-state index contributed by atoms with van der Waals surface area (Å²) in [5.74, 6) is 1.51. The van der Waals surface area contributed by atoms with Crippen molar-refractivity contribution in [1.82, 2.24) is 14.8 Å². The van der Waals surface area contributed by atoms with Crippen LogP contribution < -0.4 is 20.3 Å². The van der Waals surface area contributed by atoms with Crippen molar-refractivity contribution in [3.63, 3.8) is 0 Å². The first-order chi connectivity index (χ1) is 15.5. The number of nitrogens with one attached hydrogen (secondary N) is 1. The molecule has 0 aliphatic carbocycles. The Morgan fingerprint density at radius 2 is 1.72 bits per heavy atom. The van der Waals surface area contributed by atoms with Crippen LogP contribution in [0.2, 0.25) is 0 Å². The molecule has 1 saturated heterocycles. The molecule has 8 nitrogen and oxygen atoms in total. The van der Waals surface area contributed by atoms with E-state index in [2.05, 4.69) is 5.32 Å². The van der Waals surface area contributed by atoms with Gasteiger partial charge in [0, 0.05) is 50.2 Å². The number of ether oxygens (including phenoxy) is 2. The van der Waals surface area contributed by atoms with E-state index in [1.807, 2.05) is 33.7 Å². The summed E-state index contributed by atoms with van der Waals surface area (Å²) >= 11 is 0. The third-order valence-electron chi connectivity index (χ3n) is 6.39. The zero-order valence-corrected chi connectivity index (χ0v) is 18.5. The second kappa shape index (κ2) is 9.46. The summed E-state index contributed by atoms with van der Waals surface area (Å²) < 4.78 is 12.6. The molecule has 2 atom stereocenters. The van der Waals surface area contributed by atoms with Crippen LogP contribution in [0, 0.1) is 5.92 Å². The normalized spacial score (nSPS) is 19.1. The van der Waals surface area contributed by atoms with Gasteiger partial charge < -0.3 is 24.3 Å². The number of nitrogens with zero attached hydrogens (tertiary/aromatic N) is 2. The van der Waals surface area contributed by atoms with Gasteiger partial charge in [0.1, 0.15) is 11.5 Å². The van der Waals surface area contributed by atoms with Crippen LogP contribution in [0.4, 0.5) is 0 Å². The topological polar surface area (TPSA) is 89.9 Å². The molecule has 1 aromatic carbocycles. The standard InChI is InChI=1S/C24H29N3O5/c1-31-20-6-4-7-21(32-2)18(20)12-25-22(28)9-10-23(29)26-13-16-11-17(15-26)19-5-3-8-24(30)27(19)14-16/h3-8,16-17H,9-15H2,1-2H3,(H,25,28)/t16-,17?/m0/s1. The van der Waals surface area contributed by atoms with E-state index in [0.29, 0.717) is 31.1 Å².